The zero-order valence-corrected chi connectivity index (χ0v) is 11.2. The first kappa shape index (κ1) is 16.5. The molecule has 0 atom stereocenters. The fourth-order valence-electron chi connectivity index (χ4n) is 1.46. The summed E-state index contributed by atoms with van der Waals surface area (Å²) in [6, 6.07) is 0. The average molecular weight is 266 g/mol. The van der Waals surface area contributed by atoms with Gasteiger partial charge in [0.05, 0.1) is 6.61 Å². The van der Waals surface area contributed by atoms with Crippen molar-refractivity contribution in [3.05, 3.63) is 0 Å². The van der Waals surface area contributed by atoms with Gasteiger partial charge in [0.2, 0.25) is 0 Å². The van der Waals surface area contributed by atoms with E-state index in [1.54, 1.807) is 0 Å². The van der Waals surface area contributed by atoms with Crippen molar-refractivity contribution in [3.8, 4) is 0 Å². The quantitative estimate of drug-likeness (QED) is 0.459. The number of hydrogen-bond donors (Lipinski definition) is 1. The SMILES string of the molecule is CCCCCCC(=O)CCCCOS(=O)(=O)O. The lowest BCUT2D eigenvalue weighted by Crippen LogP contribution is -2.05. The first-order chi connectivity index (χ1) is 7.95. The molecule has 0 aliphatic carbocycles. The van der Waals surface area contributed by atoms with Crippen LogP contribution in [-0.2, 0) is 19.4 Å². The van der Waals surface area contributed by atoms with Crippen LogP contribution in [0.15, 0.2) is 0 Å². The minimum Gasteiger partial charge on any atom is -0.300 e. The van der Waals surface area contributed by atoms with E-state index >= 15 is 0 Å². The lowest BCUT2D eigenvalue weighted by Gasteiger charge is -2.01. The Morgan fingerprint density at radius 2 is 1.65 bits per heavy atom. The second-order valence-corrected chi connectivity index (χ2v) is 5.15. The van der Waals surface area contributed by atoms with Crippen molar-refractivity contribution in [2.24, 2.45) is 0 Å². The van der Waals surface area contributed by atoms with Gasteiger partial charge < -0.3 is 0 Å². The molecule has 0 saturated carbocycles. The Bertz CT molecular complexity index is 297. The maximum Gasteiger partial charge on any atom is 0.397 e. The highest BCUT2D eigenvalue weighted by atomic mass is 32.3. The maximum absolute atomic E-state index is 11.4. The molecule has 0 amide bonds. The van der Waals surface area contributed by atoms with Crippen LogP contribution in [0.5, 0.6) is 0 Å². The second-order valence-electron chi connectivity index (χ2n) is 4.06. The molecule has 0 heterocycles. The molecule has 0 aliphatic heterocycles. The Morgan fingerprint density at radius 3 is 2.18 bits per heavy atom. The van der Waals surface area contributed by atoms with E-state index in [1.165, 1.54) is 0 Å². The van der Waals surface area contributed by atoms with Gasteiger partial charge in [-0.05, 0) is 19.3 Å². The molecule has 0 saturated heterocycles. The second kappa shape index (κ2) is 9.56. The Hall–Kier alpha value is -0.460. The van der Waals surface area contributed by atoms with E-state index in [2.05, 4.69) is 11.1 Å². The van der Waals surface area contributed by atoms with E-state index < -0.39 is 10.4 Å². The largest absolute Gasteiger partial charge is 0.397 e. The summed E-state index contributed by atoms with van der Waals surface area (Å²) in [7, 11) is -4.33. The number of carbonyl (C=O) groups excluding carboxylic acids is 1. The van der Waals surface area contributed by atoms with Crippen LogP contribution in [0.1, 0.15) is 58.3 Å². The summed E-state index contributed by atoms with van der Waals surface area (Å²) >= 11 is 0. The van der Waals surface area contributed by atoms with Crippen LogP contribution in [0.3, 0.4) is 0 Å². The monoisotopic (exact) mass is 266 g/mol. The normalized spacial score (nSPS) is 11.6. The molecule has 102 valence electrons. The summed E-state index contributed by atoms with van der Waals surface area (Å²) < 4.78 is 32.8. The van der Waals surface area contributed by atoms with Gasteiger partial charge in [0.15, 0.2) is 0 Å². The van der Waals surface area contributed by atoms with Gasteiger partial charge in [-0.25, -0.2) is 4.18 Å². The van der Waals surface area contributed by atoms with E-state index in [1.807, 2.05) is 0 Å². The van der Waals surface area contributed by atoms with Gasteiger partial charge in [0.25, 0.3) is 0 Å². The number of carbonyl (C=O) groups is 1. The standard InChI is InChI=1S/C11H22O5S/c1-2-3-4-5-8-11(12)9-6-7-10-16-17(13,14)15/h2-10H2,1H3,(H,13,14,15). The molecular weight excluding hydrogens is 244 g/mol. The Kier molecular flexibility index (Phi) is 9.30. The summed E-state index contributed by atoms with van der Waals surface area (Å²) in [5, 5.41) is 0. The van der Waals surface area contributed by atoms with Crippen molar-refractivity contribution >= 4 is 16.2 Å². The Morgan fingerprint density at radius 1 is 1.06 bits per heavy atom. The number of rotatable bonds is 11. The summed E-state index contributed by atoms with van der Waals surface area (Å²) in [5.74, 6) is 0.216. The molecule has 0 radical (unpaired) electrons. The van der Waals surface area contributed by atoms with Gasteiger partial charge in [-0.1, -0.05) is 26.2 Å². The number of ketones is 1. The lowest BCUT2D eigenvalue weighted by atomic mass is 10.1. The maximum atomic E-state index is 11.4. The molecule has 17 heavy (non-hydrogen) atoms. The molecule has 0 aliphatic rings. The van der Waals surface area contributed by atoms with Crippen LogP contribution < -0.4 is 0 Å². The molecule has 0 bridgehead atoms. The van der Waals surface area contributed by atoms with Crippen LogP contribution in [0.4, 0.5) is 0 Å². The summed E-state index contributed by atoms with van der Waals surface area (Å²) in [4.78, 5) is 11.4. The van der Waals surface area contributed by atoms with Crippen molar-refractivity contribution in [1.29, 1.82) is 0 Å². The Balaban J connectivity index is 3.33. The van der Waals surface area contributed by atoms with Gasteiger partial charge in [-0.3, -0.25) is 9.35 Å². The molecular formula is C11H22O5S. The van der Waals surface area contributed by atoms with Gasteiger partial charge >= 0.3 is 10.4 Å². The minimum atomic E-state index is -4.33. The number of Topliss-reactive ketones (excluding diaryl/α,β-unsaturated/α-hetero) is 1. The van der Waals surface area contributed by atoms with E-state index in [0.717, 1.165) is 25.7 Å². The molecule has 0 aromatic carbocycles. The van der Waals surface area contributed by atoms with E-state index in [4.69, 9.17) is 4.55 Å². The van der Waals surface area contributed by atoms with Crippen LogP contribution in [0.2, 0.25) is 0 Å². The lowest BCUT2D eigenvalue weighted by molar-refractivity contribution is -0.119. The molecule has 5 nitrogen and oxygen atoms in total. The molecule has 1 N–H and O–H groups in total. The minimum absolute atomic E-state index is 0.0675. The van der Waals surface area contributed by atoms with Crippen molar-refractivity contribution in [1.82, 2.24) is 0 Å². The summed E-state index contributed by atoms with van der Waals surface area (Å²) in [5.41, 5.74) is 0. The number of unbranched alkanes of at least 4 members (excludes halogenated alkanes) is 4. The predicted molar refractivity (Wildman–Crippen MR) is 65.1 cm³/mol. The van der Waals surface area contributed by atoms with Crippen LogP contribution >= 0.6 is 0 Å². The molecule has 6 heteroatoms. The van der Waals surface area contributed by atoms with Crippen LogP contribution in [-0.4, -0.2) is 25.4 Å². The zero-order valence-electron chi connectivity index (χ0n) is 10.4. The predicted octanol–water partition coefficient (Wildman–Crippen LogP) is 2.52. The third-order valence-corrected chi connectivity index (χ3v) is 2.86. The van der Waals surface area contributed by atoms with E-state index in [0.29, 0.717) is 25.7 Å². The molecule has 0 rings (SSSR count). The van der Waals surface area contributed by atoms with Gasteiger partial charge in [0, 0.05) is 12.8 Å². The van der Waals surface area contributed by atoms with Crippen molar-refractivity contribution in [3.63, 3.8) is 0 Å². The zero-order chi connectivity index (χ0) is 13.1. The highest BCUT2D eigenvalue weighted by molar-refractivity contribution is 7.80. The van der Waals surface area contributed by atoms with Crippen LogP contribution in [0.25, 0.3) is 0 Å². The molecule has 0 aromatic rings. The molecule has 0 unspecified atom stereocenters. The van der Waals surface area contributed by atoms with Crippen molar-refractivity contribution in [2.75, 3.05) is 6.61 Å². The fraction of sp³-hybridized carbons (Fsp3) is 0.909. The summed E-state index contributed by atoms with van der Waals surface area (Å²) in [6.07, 6.45) is 6.47. The van der Waals surface area contributed by atoms with Gasteiger partial charge in [-0.2, -0.15) is 8.42 Å². The fourth-order valence-corrected chi connectivity index (χ4v) is 1.79. The van der Waals surface area contributed by atoms with Crippen molar-refractivity contribution < 1.29 is 21.9 Å². The molecule has 0 spiro atoms. The smallest absolute Gasteiger partial charge is 0.300 e. The van der Waals surface area contributed by atoms with Gasteiger partial charge in [0.1, 0.15) is 5.78 Å². The highest BCUT2D eigenvalue weighted by Gasteiger charge is 2.05. The van der Waals surface area contributed by atoms with Gasteiger partial charge in [-0.15, -0.1) is 0 Å². The molecule has 0 aromatic heterocycles. The van der Waals surface area contributed by atoms with Crippen LogP contribution in [0, 0.1) is 0 Å². The molecule has 0 fully saturated rings. The van der Waals surface area contributed by atoms with E-state index in [-0.39, 0.29) is 12.4 Å². The average Bonchev–Trinajstić information content (AvgIpc) is 2.22. The third kappa shape index (κ3) is 13.5. The highest BCUT2D eigenvalue weighted by Crippen LogP contribution is 2.07. The first-order valence-electron chi connectivity index (χ1n) is 6.09. The summed E-state index contributed by atoms with van der Waals surface area (Å²) in [6.45, 7) is 2.05. The van der Waals surface area contributed by atoms with Crippen molar-refractivity contribution in [2.45, 2.75) is 58.3 Å². The topological polar surface area (TPSA) is 80.7 Å². The first-order valence-corrected chi connectivity index (χ1v) is 7.45. The number of hydrogen-bond acceptors (Lipinski definition) is 4. The van der Waals surface area contributed by atoms with E-state index in [9.17, 15) is 13.2 Å². The Labute approximate surface area is 104 Å². The third-order valence-electron chi connectivity index (χ3n) is 2.39.